The number of rotatable bonds is 4. The Morgan fingerprint density at radius 1 is 1.23 bits per heavy atom. The maximum atomic E-state index is 14.8. The number of halogens is 3. The topological polar surface area (TPSA) is 84.7 Å². The highest BCUT2D eigenvalue weighted by Gasteiger charge is 2.19. The third-order valence-corrected chi connectivity index (χ3v) is 4.02. The first kappa shape index (κ1) is 18.1. The van der Waals surface area contributed by atoms with Crippen molar-refractivity contribution < 1.29 is 9.18 Å². The Balaban J connectivity index is 2.12. The van der Waals surface area contributed by atoms with Crippen LogP contribution in [0.2, 0.25) is 10.3 Å². The molecule has 3 rings (SSSR count). The third-order valence-electron chi connectivity index (χ3n) is 3.56. The van der Waals surface area contributed by atoms with E-state index in [2.05, 4.69) is 25.7 Å². The van der Waals surface area contributed by atoms with Gasteiger partial charge in [0, 0.05) is 25.9 Å². The van der Waals surface area contributed by atoms with Crippen LogP contribution in [0.4, 0.5) is 15.9 Å². The Labute approximate surface area is 158 Å². The maximum absolute atomic E-state index is 14.8. The third kappa shape index (κ3) is 3.61. The largest absolute Gasteiger partial charge is 0.355 e. The van der Waals surface area contributed by atoms with E-state index in [4.69, 9.17) is 23.2 Å². The van der Waals surface area contributed by atoms with E-state index in [1.54, 1.807) is 30.2 Å². The zero-order chi connectivity index (χ0) is 18.8. The summed E-state index contributed by atoms with van der Waals surface area (Å²) in [5.74, 6) is -1.05. The first-order valence-corrected chi connectivity index (χ1v) is 8.14. The van der Waals surface area contributed by atoms with Gasteiger partial charge in [0.05, 0.1) is 23.6 Å². The second-order valence-electron chi connectivity index (χ2n) is 5.32. The van der Waals surface area contributed by atoms with Gasteiger partial charge in [0.1, 0.15) is 10.8 Å². The van der Waals surface area contributed by atoms with E-state index >= 15 is 0 Å². The summed E-state index contributed by atoms with van der Waals surface area (Å²) in [5, 5.41) is 9.34. The van der Waals surface area contributed by atoms with Gasteiger partial charge in [0.25, 0.3) is 5.91 Å². The number of carbonyl (C=O) groups excluding carboxylic acids is 1. The first-order chi connectivity index (χ1) is 12.4. The zero-order valence-corrected chi connectivity index (χ0v) is 15.2. The molecule has 134 valence electrons. The van der Waals surface area contributed by atoms with Crippen molar-refractivity contribution in [1.29, 1.82) is 0 Å². The number of benzene rings is 1. The van der Waals surface area contributed by atoms with Crippen LogP contribution in [0, 0.1) is 5.82 Å². The minimum atomic E-state index is -0.657. The lowest BCUT2D eigenvalue weighted by molar-refractivity contribution is 0.0963. The lowest BCUT2D eigenvalue weighted by Crippen LogP contribution is -2.20. The van der Waals surface area contributed by atoms with Crippen molar-refractivity contribution in [3.8, 4) is 11.1 Å². The number of anilines is 2. The summed E-state index contributed by atoms with van der Waals surface area (Å²) in [6.07, 6.45) is 4.58. The van der Waals surface area contributed by atoms with Crippen LogP contribution in [0.1, 0.15) is 10.4 Å². The van der Waals surface area contributed by atoms with Crippen LogP contribution in [0.5, 0.6) is 0 Å². The summed E-state index contributed by atoms with van der Waals surface area (Å²) in [7, 11) is 3.20. The van der Waals surface area contributed by atoms with Crippen LogP contribution in [0.25, 0.3) is 11.1 Å². The van der Waals surface area contributed by atoms with E-state index in [1.807, 2.05) is 0 Å². The van der Waals surface area contributed by atoms with Crippen LogP contribution in [-0.4, -0.2) is 32.7 Å². The highest BCUT2D eigenvalue weighted by molar-refractivity contribution is 6.33. The normalized spacial score (nSPS) is 10.7. The van der Waals surface area contributed by atoms with E-state index < -0.39 is 11.7 Å². The highest BCUT2D eigenvalue weighted by atomic mass is 35.5. The van der Waals surface area contributed by atoms with Crippen molar-refractivity contribution >= 4 is 40.6 Å². The number of amides is 1. The molecule has 3 aromatic rings. The molecular formula is C16H13Cl2FN6O. The van der Waals surface area contributed by atoms with Gasteiger partial charge in [-0.15, -0.1) is 0 Å². The van der Waals surface area contributed by atoms with E-state index in [-0.39, 0.29) is 27.4 Å². The Morgan fingerprint density at radius 2 is 2.00 bits per heavy atom. The summed E-state index contributed by atoms with van der Waals surface area (Å²) in [6.45, 7) is 0. The van der Waals surface area contributed by atoms with Gasteiger partial charge in [-0.3, -0.25) is 9.48 Å². The van der Waals surface area contributed by atoms with Gasteiger partial charge in [-0.25, -0.2) is 9.37 Å². The lowest BCUT2D eigenvalue weighted by Gasteiger charge is -2.14. The van der Waals surface area contributed by atoms with Crippen LogP contribution in [0.15, 0.2) is 30.7 Å². The summed E-state index contributed by atoms with van der Waals surface area (Å²) in [4.78, 5) is 19.9. The standard InChI is InChI=1S/C16H13Cl2FN6O/c1-20-15(26)10-3-8(9-5-22-25(2)7-9)4-12(19)13(10)23-14-11(17)6-21-16(18)24-14/h3-7H,1-2H3,(H,20,26)(H,21,23,24). The predicted octanol–water partition coefficient (Wildman–Crippen LogP) is 3.43. The van der Waals surface area contributed by atoms with E-state index in [9.17, 15) is 9.18 Å². The first-order valence-electron chi connectivity index (χ1n) is 7.38. The van der Waals surface area contributed by atoms with Crippen LogP contribution in [0.3, 0.4) is 0 Å². The van der Waals surface area contributed by atoms with Gasteiger partial charge in [-0.2, -0.15) is 10.1 Å². The molecule has 0 radical (unpaired) electrons. The molecular weight excluding hydrogens is 382 g/mol. The second kappa shape index (κ2) is 7.27. The van der Waals surface area contributed by atoms with Crippen molar-refractivity contribution in [2.24, 2.45) is 7.05 Å². The molecule has 1 amide bonds. The minimum absolute atomic E-state index is 0.0641. The van der Waals surface area contributed by atoms with Gasteiger partial charge in [0.15, 0.2) is 5.82 Å². The van der Waals surface area contributed by atoms with Crippen LogP contribution < -0.4 is 10.6 Å². The smallest absolute Gasteiger partial charge is 0.253 e. The molecule has 0 unspecified atom stereocenters. The van der Waals surface area contributed by atoms with Crippen molar-refractivity contribution in [2.75, 3.05) is 12.4 Å². The van der Waals surface area contributed by atoms with Crippen LogP contribution in [-0.2, 0) is 7.05 Å². The molecule has 0 aliphatic heterocycles. The Kier molecular flexibility index (Phi) is 5.06. The van der Waals surface area contributed by atoms with Crippen molar-refractivity contribution in [3.63, 3.8) is 0 Å². The molecule has 10 heteroatoms. The average Bonchev–Trinajstić information content (AvgIpc) is 3.05. The molecule has 2 N–H and O–H groups in total. The summed E-state index contributed by atoms with van der Waals surface area (Å²) in [5.41, 5.74) is 1.18. The minimum Gasteiger partial charge on any atom is -0.355 e. The van der Waals surface area contributed by atoms with Gasteiger partial charge in [-0.1, -0.05) is 11.6 Å². The number of hydrogen-bond donors (Lipinski definition) is 2. The summed E-state index contributed by atoms with van der Waals surface area (Å²) < 4.78 is 16.4. The van der Waals surface area contributed by atoms with Crippen molar-refractivity contribution in [1.82, 2.24) is 25.1 Å². The van der Waals surface area contributed by atoms with Crippen molar-refractivity contribution in [2.45, 2.75) is 0 Å². The average molecular weight is 395 g/mol. The zero-order valence-electron chi connectivity index (χ0n) is 13.7. The Hall–Kier alpha value is -2.71. The molecule has 0 fully saturated rings. The molecule has 0 aliphatic carbocycles. The quantitative estimate of drug-likeness (QED) is 0.662. The second-order valence-corrected chi connectivity index (χ2v) is 6.07. The van der Waals surface area contributed by atoms with Gasteiger partial charge >= 0.3 is 0 Å². The van der Waals surface area contributed by atoms with Gasteiger partial charge < -0.3 is 10.6 Å². The molecule has 0 atom stereocenters. The monoisotopic (exact) mass is 394 g/mol. The molecule has 0 spiro atoms. The Morgan fingerprint density at radius 3 is 2.65 bits per heavy atom. The van der Waals surface area contributed by atoms with E-state index in [0.717, 1.165) is 0 Å². The highest BCUT2D eigenvalue weighted by Crippen LogP contribution is 2.32. The number of nitrogens with one attached hydrogen (secondary N) is 2. The SMILES string of the molecule is CNC(=O)c1cc(-c2cnn(C)c2)cc(F)c1Nc1nc(Cl)ncc1Cl. The fourth-order valence-electron chi connectivity index (χ4n) is 2.34. The molecule has 0 saturated carbocycles. The molecule has 1 aromatic carbocycles. The summed E-state index contributed by atoms with van der Waals surface area (Å²) in [6, 6.07) is 2.85. The Bertz CT molecular complexity index is 991. The van der Waals surface area contributed by atoms with Gasteiger partial charge in [-0.05, 0) is 29.3 Å². The van der Waals surface area contributed by atoms with E-state index in [1.165, 1.54) is 19.3 Å². The predicted molar refractivity (Wildman–Crippen MR) is 97.3 cm³/mol. The van der Waals surface area contributed by atoms with Gasteiger partial charge in [0.2, 0.25) is 5.28 Å². The lowest BCUT2D eigenvalue weighted by atomic mass is 10.0. The van der Waals surface area contributed by atoms with E-state index in [0.29, 0.717) is 11.1 Å². The number of hydrogen-bond acceptors (Lipinski definition) is 5. The molecule has 0 saturated heterocycles. The molecule has 2 heterocycles. The molecule has 26 heavy (non-hydrogen) atoms. The summed E-state index contributed by atoms with van der Waals surface area (Å²) >= 11 is 11.8. The fourth-order valence-corrected chi connectivity index (χ4v) is 2.61. The number of carbonyl (C=O) groups is 1. The molecule has 0 bridgehead atoms. The fraction of sp³-hybridized carbons (Fsp3) is 0.125. The number of aryl methyl sites for hydroxylation is 1. The van der Waals surface area contributed by atoms with Crippen molar-refractivity contribution in [3.05, 3.63) is 52.4 Å². The maximum Gasteiger partial charge on any atom is 0.253 e. The molecule has 7 nitrogen and oxygen atoms in total. The molecule has 0 aliphatic rings. The number of nitrogens with zero attached hydrogens (tertiary/aromatic N) is 4. The van der Waals surface area contributed by atoms with Crippen LogP contribution >= 0.6 is 23.2 Å². The molecule has 2 aromatic heterocycles. The number of aromatic nitrogens is 4.